The highest BCUT2D eigenvalue weighted by molar-refractivity contribution is 5.39. The lowest BCUT2D eigenvalue weighted by Gasteiger charge is -2.24. The molecule has 0 aromatic carbocycles. The van der Waals surface area contributed by atoms with Gasteiger partial charge in [0.2, 0.25) is 0 Å². The summed E-state index contributed by atoms with van der Waals surface area (Å²) in [6.45, 7) is 3.06. The molecule has 0 saturated heterocycles. The van der Waals surface area contributed by atoms with E-state index in [2.05, 4.69) is 51.1 Å². The predicted molar refractivity (Wildman–Crippen MR) is 79.7 cm³/mol. The molecule has 3 heterocycles. The molecule has 0 fully saturated rings. The van der Waals surface area contributed by atoms with Crippen molar-refractivity contribution >= 4 is 5.65 Å². The van der Waals surface area contributed by atoms with Gasteiger partial charge in [-0.05, 0) is 31.7 Å². The van der Waals surface area contributed by atoms with Crippen LogP contribution in [0.3, 0.4) is 0 Å². The number of rotatable bonds is 5. The summed E-state index contributed by atoms with van der Waals surface area (Å²) in [5.41, 5.74) is 3.12. The molecule has 1 atom stereocenters. The first-order valence-electron chi connectivity index (χ1n) is 6.96. The normalized spacial score (nSPS) is 12.9. The zero-order valence-corrected chi connectivity index (χ0v) is 12.2. The zero-order valence-electron chi connectivity index (χ0n) is 12.2. The van der Waals surface area contributed by atoms with Crippen LogP contribution < -0.4 is 0 Å². The van der Waals surface area contributed by atoms with Gasteiger partial charge in [-0.1, -0.05) is 0 Å². The van der Waals surface area contributed by atoms with Crippen LogP contribution in [0.25, 0.3) is 5.65 Å². The molecule has 0 saturated carbocycles. The summed E-state index contributed by atoms with van der Waals surface area (Å²) >= 11 is 0. The molecule has 3 aromatic heterocycles. The quantitative estimate of drug-likeness (QED) is 0.711. The fourth-order valence-corrected chi connectivity index (χ4v) is 2.29. The number of hydrogen-bond donors (Lipinski definition) is 0. The van der Waals surface area contributed by atoms with E-state index in [9.17, 15) is 0 Å². The molecule has 0 aliphatic carbocycles. The van der Waals surface area contributed by atoms with Gasteiger partial charge in [-0.25, -0.2) is 9.50 Å². The van der Waals surface area contributed by atoms with Crippen LogP contribution in [0.2, 0.25) is 0 Å². The van der Waals surface area contributed by atoms with Gasteiger partial charge in [0.1, 0.15) is 6.33 Å². The maximum atomic E-state index is 4.33. The van der Waals surface area contributed by atoms with Gasteiger partial charge in [0.25, 0.3) is 0 Å². The molecule has 21 heavy (non-hydrogen) atoms. The minimum absolute atomic E-state index is 0.385. The lowest BCUT2D eigenvalue weighted by Crippen LogP contribution is -2.30. The van der Waals surface area contributed by atoms with Crippen LogP contribution in [0.1, 0.15) is 18.2 Å². The van der Waals surface area contributed by atoms with Crippen LogP contribution >= 0.6 is 0 Å². The van der Waals surface area contributed by atoms with Gasteiger partial charge < -0.3 is 0 Å². The summed E-state index contributed by atoms with van der Waals surface area (Å²) in [4.78, 5) is 15.0. The second-order valence-electron chi connectivity index (χ2n) is 5.26. The number of likely N-dealkylation sites (N-methyl/N-ethyl adjacent to an activating group) is 1. The summed E-state index contributed by atoms with van der Waals surface area (Å²) in [7, 11) is 2.12. The molecule has 108 valence electrons. The Morgan fingerprint density at radius 3 is 3.00 bits per heavy atom. The molecule has 6 heteroatoms. The van der Waals surface area contributed by atoms with Crippen LogP contribution in [-0.2, 0) is 13.0 Å². The minimum atomic E-state index is 0.385. The Bertz CT molecular complexity index is 708. The first kappa shape index (κ1) is 13.6. The number of pyridine rings is 1. The van der Waals surface area contributed by atoms with Gasteiger partial charge in [0.15, 0.2) is 5.65 Å². The Kier molecular flexibility index (Phi) is 3.87. The Labute approximate surface area is 123 Å². The molecule has 0 radical (unpaired) electrons. The van der Waals surface area contributed by atoms with Crippen molar-refractivity contribution in [3.05, 3.63) is 54.5 Å². The van der Waals surface area contributed by atoms with Crippen LogP contribution in [0.5, 0.6) is 0 Å². The van der Waals surface area contributed by atoms with Crippen LogP contribution in [0, 0.1) is 0 Å². The van der Waals surface area contributed by atoms with Gasteiger partial charge >= 0.3 is 0 Å². The second kappa shape index (κ2) is 5.97. The van der Waals surface area contributed by atoms with Crippen LogP contribution in [0.15, 0.2) is 43.2 Å². The molecular weight excluding hydrogens is 264 g/mol. The standard InChI is InChI=1S/C15H18N6/c1-12(7-14-9-16-4-5-17-14)20(2)10-13-3-6-21-15(8-13)18-11-19-21/h3-6,8-9,11-12H,7,10H2,1-2H3. The van der Waals surface area contributed by atoms with E-state index in [1.165, 1.54) is 5.56 Å². The molecule has 0 aliphatic heterocycles. The van der Waals surface area contributed by atoms with E-state index in [4.69, 9.17) is 0 Å². The van der Waals surface area contributed by atoms with E-state index in [1.807, 2.05) is 12.4 Å². The summed E-state index contributed by atoms with van der Waals surface area (Å²) < 4.78 is 1.77. The molecule has 3 rings (SSSR count). The molecule has 0 amide bonds. The first-order chi connectivity index (χ1) is 10.2. The lowest BCUT2D eigenvalue weighted by molar-refractivity contribution is 0.246. The first-order valence-corrected chi connectivity index (χ1v) is 6.96. The number of nitrogens with zero attached hydrogens (tertiary/aromatic N) is 6. The van der Waals surface area contributed by atoms with Crippen molar-refractivity contribution in [1.29, 1.82) is 0 Å². The van der Waals surface area contributed by atoms with Gasteiger partial charge in [-0.15, -0.1) is 0 Å². The third-order valence-electron chi connectivity index (χ3n) is 3.65. The molecule has 6 nitrogen and oxygen atoms in total. The highest BCUT2D eigenvalue weighted by Crippen LogP contribution is 2.11. The third kappa shape index (κ3) is 3.22. The average Bonchev–Trinajstić information content (AvgIpc) is 2.95. The monoisotopic (exact) mass is 282 g/mol. The minimum Gasteiger partial charge on any atom is -0.299 e. The Morgan fingerprint density at radius 2 is 2.19 bits per heavy atom. The lowest BCUT2D eigenvalue weighted by atomic mass is 10.1. The van der Waals surface area contributed by atoms with Crippen molar-refractivity contribution in [2.24, 2.45) is 0 Å². The summed E-state index contributed by atoms with van der Waals surface area (Å²) in [5.74, 6) is 0. The van der Waals surface area contributed by atoms with Crippen molar-refractivity contribution in [3.8, 4) is 0 Å². The average molecular weight is 282 g/mol. The molecule has 3 aromatic rings. The van der Waals surface area contributed by atoms with Gasteiger partial charge in [0, 0.05) is 43.8 Å². The summed E-state index contributed by atoms with van der Waals surface area (Å²) in [6.07, 6.45) is 9.66. The van der Waals surface area contributed by atoms with E-state index < -0.39 is 0 Å². The molecule has 0 N–H and O–H groups in total. The van der Waals surface area contributed by atoms with E-state index in [0.29, 0.717) is 6.04 Å². The fraction of sp³-hybridized carbons (Fsp3) is 0.333. The van der Waals surface area contributed by atoms with E-state index >= 15 is 0 Å². The Hall–Kier alpha value is -2.34. The number of fused-ring (bicyclic) bond motifs is 1. The molecule has 0 spiro atoms. The van der Waals surface area contributed by atoms with E-state index in [1.54, 1.807) is 23.2 Å². The Balaban J connectivity index is 1.66. The third-order valence-corrected chi connectivity index (χ3v) is 3.65. The molecule has 0 bridgehead atoms. The summed E-state index contributed by atoms with van der Waals surface area (Å²) in [6, 6.07) is 4.53. The predicted octanol–water partition coefficient (Wildman–Crippen LogP) is 1.58. The van der Waals surface area contributed by atoms with Gasteiger partial charge in [-0.3, -0.25) is 14.9 Å². The van der Waals surface area contributed by atoms with Gasteiger partial charge in [-0.2, -0.15) is 5.10 Å². The number of aromatic nitrogens is 5. The summed E-state index contributed by atoms with van der Waals surface area (Å²) in [5, 5.41) is 4.11. The van der Waals surface area contributed by atoms with Crippen molar-refractivity contribution in [1.82, 2.24) is 29.5 Å². The van der Waals surface area contributed by atoms with Crippen molar-refractivity contribution in [2.45, 2.75) is 25.9 Å². The fourth-order valence-electron chi connectivity index (χ4n) is 2.29. The van der Waals surface area contributed by atoms with Crippen LogP contribution in [0.4, 0.5) is 0 Å². The maximum Gasteiger partial charge on any atom is 0.155 e. The highest BCUT2D eigenvalue weighted by atomic mass is 15.3. The van der Waals surface area contributed by atoms with Crippen molar-refractivity contribution in [3.63, 3.8) is 0 Å². The molecular formula is C15H18N6. The highest BCUT2D eigenvalue weighted by Gasteiger charge is 2.12. The number of hydrogen-bond acceptors (Lipinski definition) is 5. The molecule has 1 unspecified atom stereocenters. The molecule has 0 aliphatic rings. The van der Waals surface area contributed by atoms with E-state index in [0.717, 1.165) is 24.3 Å². The Morgan fingerprint density at radius 1 is 1.29 bits per heavy atom. The van der Waals surface area contributed by atoms with Crippen molar-refractivity contribution < 1.29 is 0 Å². The largest absolute Gasteiger partial charge is 0.299 e. The topological polar surface area (TPSA) is 59.2 Å². The second-order valence-corrected chi connectivity index (χ2v) is 5.26. The van der Waals surface area contributed by atoms with E-state index in [-0.39, 0.29) is 0 Å². The van der Waals surface area contributed by atoms with Gasteiger partial charge in [0.05, 0.1) is 5.69 Å². The SMILES string of the molecule is CC(Cc1cnccn1)N(C)Cc1ccn2ncnc2c1. The smallest absolute Gasteiger partial charge is 0.155 e. The van der Waals surface area contributed by atoms with Crippen LogP contribution in [-0.4, -0.2) is 42.6 Å². The zero-order chi connectivity index (χ0) is 14.7. The van der Waals surface area contributed by atoms with Crippen molar-refractivity contribution in [2.75, 3.05) is 7.05 Å². The maximum absolute atomic E-state index is 4.33.